The quantitative estimate of drug-likeness (QED) is 0.402. The van der Waals surface area contributed by atoms with Crippen molar-refractivity contribution in [2.45, 2.75) is 20.0 Å². The molecule has 0 saturated carbocycles. The summed E-state index contributed by atoms with van der Waals surface area (Å²) in [6.45, 7) is 4.71. The number of nitrogens with one attached hydrogen (secondary N) is 1. The van der Waals surface area contributed by atoms with Crippen molar-refractivity contribution < 1.29 is 9.47 Å². The van der Waals surface area contributed by atoms with Crippen molar-refractivity contribution in [1.29, 1.82) is 0 Å². The molecule has 6 heteroatoms. The van der Waals surface area contributed by atoms with E-state index in [2.05, 4.69) is 17.3 Å². The van der Waals surface area contributed by atoms with Crippen LogP contribution in [0.2, 0.25) is 0 Å². The van der Waals surface area contributed by atoms with Crippen LogP contribution in [0.15, 0.2) is 6.20 Å². The number of hydrogen-bond acceptors (Lipinski definition) is 6. The van der Waals surface area contributed by atoms with E-state index in [1.807, 2.05) is 0 Å². The van der Waals surface area contributed by atoms with Crippen molar-refractivity contribution in [3.8, 4) is 0 Å². The molecule has 0 atom stereocenters. The number of thiazole rings is 1. The summed E-state index contributed by atoms with van der Waals surface area (Å²) in [5.74, 6) is 5.21. The number of nitrogens with zero attached hydrogens (tertiary/aromatic N) is 1. The molecule has 0 bridgehead atoms. The molecule has 0 aliphatic carbocycles. The third-order valence-corrected chi connectivity index (χ3v) is 2.54. The Labute approximate surface area is 93.6 Å². The van der Waals surface area contributed by atoms with E-state index < -0.39 is 0 Å². The summed E-state index contributed by atoms with van der Waals surface area (Å²) in [7, 11) is 0. The van der Waals surface area contributed by atoms with Crippen LogP contribution < -0.4 is 11.3 Å². The number of aromatic nitrogens is 1. The zero-order valence-corrected chi connectivity index (χ0v) is 9.68. The first-order valence-corrected chi connectivity index (χ1v) is 5.75. The third-order valence-electron chi connectivity index (χ3n) is 1.64. The molecule has 5 nitrogen and oxygen atoms in total. The molecule has 1 rings (SSSR count). The average molecular weight is 231 g/mol. The molecule has 1 heterocycles. The molecule has 0 aromatic carbocycles. The summed E-state index contributed by atoms with van der Waals surface area (Å²) in [6.07, 6.45) is 2.80. The van der Waals surface area contributed by atoms with Crippen molar-refractivity contribution >= 4 is 16.5 Å². The van der Waals surface area contributed by atoms with Gasteiger partial charge in [-0.05, 0) is 6.42 Å². The lowest BCUT2D eigenvalue weighted by atomic mass is 10.5. The number of hydrogen-bond donors (Lipinski definition) is 2. The minimum atomic E-state index is 0.564. The van der Waals surface area contributed by atoms with E-state index in [1.165, 1.54) is 11.3 Å². The SMILES string of the molecule is CCCOCCOCc1cnc(NN)s1. The second-order valence-electron chi connectivity index (χ2n) is 2.94. The number of anilines is 1. The number of rotatable bonds is 8. The van der Waals surface area contributed by atoms with Gasteiger partial charge in [-0.3, -0.25) is 5.43 Å². The molecule has 0 spiro atoms. The lowest BCUT2D eigenvalue weighted by molar-refractivity contribution is 0.0417. The van der Waals surface area contributed by atoms with E-state index in [1.54, 1.807) is 6.20 Å². The zero-order valence-electron chi connectivity index (χ0n) is 8.86. The minimum Gasteiger partial charge on any atom is -0.379 e. The van der Waals surface area contributed by atoms with E-state index in [4.69, 9.17) is 15.3 Å². The summed E-state index contributed by atoms with van der Waals surface area (Å²) >= 11 is 1.49. The van der Waals surface area contributed by atoms with Crippen molar-refractivity contribution in [2.75, 3.05) is 25.2 Å². The fourth-order valence-electron chi connectivity index (χ4n) is 0.978. The molecular formula is C9H17N3O2S. The van der Waals surface area contributed by atoms with Gasteiger partial charge in [-0.25, -0.2) is 10.8 Å². The van der Waals surface area contributed by atoms with Crippen LogP contribution in [0.5, 0.6) is 0 Å². The molecule has 86 valence electrons. The van der Waals surface area contributed by atoms with Crippen LogP contribution in [0.25, 0.3) is 0 Å². The average Bonchev–Trinajstić information content (AvgIpc) is 2.71. The highest BCUT2D eigenvalue weighted by molar-refractivity contribution is 7.15. The van der Waals surface area contributed by atoms with Gasteiger partial charge in [-0.2, -0.15) is 0 Å². The van der Waals surface area contributed by atoms with Crippen LogP contribution in [0.3, 0.4) is 0 Å². The Morgan fingerprint density at radius 1 is 1.40 bits per heavy atom. The molecule has 1 aromatic heterocycles. The Hall–Kier alpha value is -0.690. The normalized spacial score (nSPS) is 10.5. The van der Waals surface area contributed by atoms with E-state index in [0.717, 1.165) is 17.9 Å². The van der Waals surface area contributed by atoms with E-state index in [0.29, 0.717) is 25.0 Å². The lowest BCUT2D eigenvalue weighted by Gasteiger charge is -2.02. The first-order chi connectivity index (χ1) is 7.36. The molecule has 0 unspecified atom stereocenters. The van der Waals surface area contributed by atoms with Gasteiger partial charge in [0.2, 0.25) is 0 Å². The van der Waals surface area contributed by atoms with E-state index in [9.17, 15) is 0 Å². The molecular weight excluding hydrogens is 214 g/mol. The molecule has 0 aliphatic heterocycles. The van der Waals surface area contributed by atoms with Crippen LogP contribution in [0.4, 0.5) is 5.13 Å². The van der Waals surface area contributed by atoms with Gasteiger partial charge in [0.15, 0.2) is 5.13 Å². The Bertz CT molecular complexity index is 268. The van der Waals surface area contributed by atoms with Gasteiger partial charge < -0.3 is 9.47 Å². The topological polar surface area (TPSA) is 69.4 Å². The molecule has 0 aliphatic rings. The second-order valence-corrected chi connectivity index (χ2v) is 4.06. The molecule has 3 N–H and O–H groups in total. The van der Waals surface area contributed by atoms with E-state index >= 15 is 0 Å². The molecule has 0 fully saturated rings. The smallest absolute Gasteiger partial charge is 0.197 e. The lowest BCUT2D eigenvalue weighted by Crippen LogP contribution is -2.05. The maximum Gasteiger partial charge on any atom is 0.197 e. The Morgan fingerprint density at radius 3 is 2.87 bits per heavy atom. The van der Waals surface area contributed by atoms with Crippen molar-refractivity contribution in [1.82, 2.24) is 4.98 Å². The van der Waals surface area contributed by atoms with Gasteiger partial charge in [0.25, 0.3) is 0 Å². The van der Waals surface area contributed by atoms with Gasteiger partial charge in [-0.15, -0.1) is 0 Å². The molecule has 0 saturated heterocycles. The predicted octanol–water partition coefficient (Wildman–Crippen LogP) is 1.37. The monoisotopic (exact) mass is 231 g/mol. The fraction of sp³-hybridized carbons (Fsp3) is 0.667. The van der Waals surface area contributed by atoms with Crippen molar-refractivity contribution in [2.24, 2.45) is 5.84 Å². The minimum absolute atomic E-state index is 0.564. The predicted molar refractivity (Wildman–Crippen MR) is 60.7 cm³/mol. The van der Waals surface area contributed by atoms with Crippen LogP contribution in [0, 0.1) is 0 Å². The highest BCUT2D eigenvalue weighted by atomic mass is 32.1. The molecule has 0 amide bonds. The van der Waals surface area contributed by atoms with Crippen molar-refractivity contribution in [3.05, 3.63) is 11.1 Å². The van der Waals surface area contributed by atoms with Crippen LogP contribution in [-0.4, -0.2) is 24.8 Å². The fourth-order valence-corrected chi connectivity index (χ4v) is 1.64. The third kappa shape index (κ3) is 5.08. The maximum absolute atomic E-state index is 5.40. The number of nitrogens with two attached hydrogens (primary N) is 1. The van der Waals surface area contributed by atoms with Crippen LogP contribution >= 0.6 is 11.3 Å². The zero-order chi connectivity index (χ0) is 10.9. The van der Waals surface area contributed by atoms with Crippen molar-refractivity contribution in [3.63, 3.8) is 0 Å². The summed E-state index contributed by atoms with van der Waals surface area (Å²) in [4.78, 5) is 5.09. The van der Waals surface area contributed by atoms with Gasteiger partial charge >= 0.3 is 0 Å². The van der Waals surface area contributed by atoms with E-state index in [-0.39, 0.29) is 0 Å². The molecule has 15 heavy (non-hydrogen) atoms. The maximum atomic E-state index is 5.40. The standard InChI is InChI=1S/C9H17N3O2S/c1-2-3-13-4-5-14-7-8-6-11-9(12-10)15-8/h6H,2-5,7,10H2,1H3,(H,11,12). The van der Waals surface area contributed by atoms with Crippen LogP contribution in [-0.2, 0) is 16.1 Å². The number of nitrogen functional groups attached to an aromatic ring is 1. The Morgan fingerprint density at radius 2 is 2.20 bits per heavy atom. The molecule has 1 aromatic rings. The summed E-state index contributed by atoms with van der Waals surface area (Å²) in [5, 5.41) is 0.704. The molecule has 0 radical (unpaired) electrons. The highest BCUT2D eigenvalue weighted by Crippen LogP contribution is 2.17. The number of hydrazine groups is 1. The first-order valence-electron chi connectivity index (χ1n) is 4.93. The summed E-state index contributed by atoms with van der Waals surface area (Å²) < 4.78 is 10.7. The highest BCUT2D eigenvalue weighted by Gasteiger charge is 1.99. The van der Waals surface area contributed by atoms with Crippen LogP contribution in [0.1, 0.15) is 18.2 Å². The van der Waals surface area contributed by atoms with Gasteiger partial charge in [0, 0.05) is 12.8 Å². The number of ether oxygens (including phenoxy) is 2. The largest absolute Gasteiger partial charge is 0.379 e. The Kier molecular flexibility index (Phi) is 6.26. The summed E-state index contributed by atoms with van der Waals surface area (Å²) in [6, 6.07) is 0. The van der Waals surface area contributed by atoms with Gasteiger partial charge in [0.1, 0.15) is 0 Å². The first kappa shape index (κ1) is 12.4. The van der Waals surface area contributed by atoms with Gasteiger partial charge in [-0.1, -0.05) is 18.3 Å². The van der Waals surface area contributed by atoms with Gasteiger partial charge in [0.05, 0.1) is 24.7 Å². The summed E-state index contributed by atoms with van der Waals surface area (Å²) in [5.41, 5.74) is 2.49. The Balaban J connectivity index is 2.04. The second kappa shape index (κ2) is 7.58.